The lowest BCUT2D eigenvalue weighted by molar-refractivity contribution is -0.122. The molecule has 3 N–H and O–H groups in total. The summed E-state index contributed by atoms with van der Waals surface area (Å²) in [6.07, 6.45) is 2.64. The van der Waals surface area contributed by atoms with E-state index in [4.69, 9.17) is 5.73 Å². The van der Waals surface area contributed by atoms with Crippen LogP contribution in [0.15, 0.2) is 24.3 Å². The number of nitrogens with two attached hydrogens (primary N) is 1. The molecule has 0 saturated carbocycles. The molecule has 0 radical (unpaired) electrons. The molecule has 1 aliphatic rings. The van der Waals surface area contributed by atoms with Crippen molar-refractivity contribution in [1.29, 1.82) is 0 Å². The van der Waals surface area contributed by atoms with Gasteiger partial charge in [-0.3, -0.25) is 9.69 Å². The normalized spacial score (nSPS) is 17.4. The summed E-state index contributed by atoms with van der Waals surface area (Å²) in [5, 5.41) is 2.82. The molecule has 1 fully saturated rings. The summed E-state index contributed by atoms with van der Waals surface area (Å²) in [6.45, 7) is 5.70. The van der Waals surface area contributed by atoms with Crippen molar-refractivity contribution in [3.8, 4) is 0 Å². The van der Waals surface area contributed by atoms with Gasteiger partial charge in [0.15, 0.2) is 0 Å². The predicted molar refractivity (Wildman–Crippen MR) is 76.4 cm³/mol. The Morgan fingerprint density at radius 2 is 1.84 bits per heavy atom. The SMILES string of the molecule is C[C@@H](N)C(=O)NCc1ccc(CN2CCCC2)cc1. The van der Waals surface area contributed by atoms with Crippen LogP contribution in [0.5, 0.6) is 0 Å². The van der Waals surface area contributed by atoms with Gasteiger partial charge in [0, 0.05) is 13.1 Å². The zero-order chi connectivity index (χ0) is 13.7. The van der Waals surface area contributed by atoms with E-state index in [2.05, 4.69) is 34.5 Å². The number of hydrogen-bond donors (Lipinski definition) is 2. The third-order valence-corrected chi connectivity index (χ3v) is 3.51. The summed E-state index contributed by atoms with van der Waals surface area (Å²) in [5.74, 6) is -0.110. The van der Waals surface area contributed by atoms with Gasteiger partial charge in [0.05, 0.1) is 6.04 Å². The molecule has 1 aliphatic heterocycles. The maximum absolute atomic E-state index is 11.4. The molecule has 2 rings (SSSR count). The molecule has 1 saturated heterocycles. The molecule has 0 unspecified atom stereocenters. The van der Waals surface area contributed by atoms with Gasteiger partial charge in [-0.25, -0.2) is 0 Å². The summed E-state index contributed by atoms with van der Waals surface area (Å²) < 4.78 is 0. The molecule has 0 aromatic heterocycles. The Balaban J connectivity index is 1.82. The molecule has 4 nitrogen and oxygen atoms in total. The van der Waals surface area contributed by atoms with Crippen molar-refractivity contribution in [3.63, 3.8) is 0 Å². The highest BCUT2D eigenvalue weighted by Gasteiger charge is 2.11. The molecule has 0 aliphatic carbocycles. The Labute approximate surface area is 115 Å². The van der Waals surface area contributed by atoms with Crippen LogP contribution >= 0.6 is 0 Å². The molecular weight excluding hydrogens is 238 g/mol. The van der Waals surface area contributed by atoms with E-state index in [1.807, 2.05) is 0 Å². The third-order valence-electron chi connectivity index (χ3n) is 3.51. The molecule has 1 aromatic rings. The van der Waals surface area contributed by atoms with Gasteiger partial charge in [-0.15, -0.1) is 0 Å². The van der Waals surface area contributed by atoms with Crippen molar-refractivity contribution >= 4 is 5.91 Å². The Morgan fingerprint density at radius 1 is 1.26 bits per heavy atom. The van der Waals surface area contributed by atoms with Gasteiger partial charge in [-0.2, -0.15) is 0 Å². The van der Waals surface area contributed by atoms with E-state index in [-0.39, 0.29) is 5.91 Å². The maximum Gasteiger partial charge on any atom is 0.236 e. The summed E-state index contributed by atoms with van der Waals surface area (Å²) >= 11 is 0. The molecule has 0 spiro atoms. The Morgan fingerprint density at radius 3 is 2.42 bits per heavy atom. The topological polar surface area (TPSA) is 58.4 Å². The van der Waals surface area contributed by atoms with Gasteiger partial charge >= 0.3 is 0 Å². The number of carbonyl (C=O) groups is 1. The Bertz CT molecular complexity index is 408. The summed E-state index contributed by atoms with van der Waals surface area (Å²) in [5.41, 5.74) is 7.95. The van der Waals surface area contributed by atoms with Gasteiger partial charge in [-0.05, 0) is 44.0 Å². The van der Waals surface area contributed by atoms with Gasteiger partial charge in [0.1, 0.15) is 0 Å². The minimum absolute atomic E-state index is 0.110. The fourth-order valence-corrected chi connectivity index (χ4v) is 2.31. The minimum atomic E-state index is -0.450. The summed E-state index contributed by atoms with van der Waals surface area (Å²) in [4.78, 5) is 13.8. The minimum Gasteiger partial charge on any atom is -0.351 e. The largest absolute Gasteiger partial charge is 0.351 e. The zero-order valence-corrected chi connectivity index (χ0v) is 11.6. The number of rotatable bonds is 5. The van der Waals surface area contributed by atoms with E-state index in [1.165, 1.54) is 31.5 Å². The molecule has 0 bridgehead atoms. The Hall–Kier alpha value is -1.39. The number of nitrogens with one attached hydrogen (secondary N) is 1. The first-order chi connectivity index (χ1) is 9.15. The molecule has 4 heteroatoms. The monoisotopic (exact) mass is 261 g/mol. The number of benzene rings is 1. The summed E-state index contributed by atoms with van der Waals surface area (Å²) in [7, 11) is 0. The Kier molecular flexibility index (Phi) is 4.93. The fourth-order valence-electron chi connectivity index (χ4n) is 2.31. The van der Waals surface area contributed by atoms with Gasteiger partial charge in [-0.1, -0.05) is 24.3 Å². The highest BCUT2D eigenvalue weighted by Crippen LogP contribution is 2.13. The van der Waals surface area contributed by atoms with Crippen LogP contribution in [0, 0.1) is 0 Å². The van der Waals surface area contributed by atoms with Crippen molar-refractivity contribution in [1.82, 2.24) is 10.2 Å². The maximum atomic E-state index is 11.4. The van der Waals surface area contributed by atoms with Crippen molar-refractivity contribution in [2.24, 2.45) is 5.73 Å². The first kappa shape index (κ1) is 14.0. The van der Waals surface area contributed by atoms with Crippen LogP contribution in [0.4, 0.5) is 0 Å². The lowest BCUT2D eigenvalue weighted by atomic mass is 10.1. The highest BCUT2D eigenvalue weighted by molar-refractivity contribution is 5.80. The molecular formula is C15H23N3O. The van der Waals surface area contributed by atoms with Crippen molar-refractivity contribution in [3.05, 3.63) is 35.4 Å². The van der Waals surface area contributed by atoms with E-state index in [0.29, 0.717) is 6.54 Å². The second-order valence-corrected chi connectivity index (χ2v) is 5.31. The van der Waals surface area contributed by atoms with Crippen molar-refractivity contribution in [2.75, 3.05) is 13.1 Å². The van der Waals surface area contributed by atoms with Crippen LogP contribution < -0.4 is 11.1 Å². The number of carbonyl (C=O) groups excluding carboxylic acids is 1. The van der Waals surface area contributed by atoms with Crippen LogP contribution in [-0.2, 0) is 17.9 Å². The zero-order valence-electron chi connectivity index (χ0n) is 11.6. The van der Waals surface area contributed by atoms with Crippen LogP contribution in [0.1, 0.15) is 30.9 Å². The van der Waals surface area contributed by atoms with Crippen LogP contribution in [0.3, 0.4) is 0 Å². The molecule has 1 amide bonds. The molecule has 1 heterocycles. The number of hydrogen-bond acceptors (Lipinski definition) is 3. The molecule has 1 atom stereocenters. The standard InChI is InChI=1S/C15H23N3O/c1-12(16)15(19)17-10-13-4-6-14(7-5-13)11-18-8-2-3-9-18/h4-7,12H,2-3,8-11,16H2,1H3,(H,17,19)/t12-/m1/s1. The lowest BCUT2D eigenvalue weighted by Crippen LogP contribution is -2.37. The van der Waals surface area contributed by atoms with Crippen LogP contribution in [0.2, 0.25) is 0 Å². The number of amides is 1. The van der Waals surface area contributed by atoms with Gasteiger partial charge in [0.2, 0.25) is 5.91 Å². The van der Waals surface area contributed by atoms with Crippen LogP contribution in [0.25, 0.3) is 0 Å². The average Bonchev–Trinajstić information content (AvgIpc) is 2.90. The lowest BCUT2D eigenvalue weighted by Gasteiger charge is -2.14. The quantitative estimate of drug-likeness (QED) is 0.838. The smallest absolute Gasteiger partial charge is 0.236 e. The fraction of sp³-hybridized carbons (Fsp3) is 0.533. The molecule has 104 valence electrons. The second kappa shape index (κ2) is 6.68. The molecule has 1 aromatic carbocycles. The van der Waals surface area contributed by atoms with Gasteiger partial charge in [0.25, 0.3) is 0 Å². The van der Waals surface area contributed by atoms with Crippen molar-refractivity contribution in [2.45, 2.75) is 38.9 Å². The number of likely N-dealkylation sites (tertiary alicyclic amines) is 1. The third kappa shape index (κ3) is 4.33. The van der Waals surface area contributed by atoms with Crippen molar-refractivity contribution < 1.29 is 4.79 Å². The first-order valence-electron chi connectivity index (χ1n) is 6.98. The van der Waals surface area contributed by atoms with E-state index in [0.717, 1.165) is 12.1 Å². The van der Waals surface area contributed by atoms with E-state index in [9.17, 15) is 4.79 Å². The average molecular weight is 261 g/mol. The van der Waals surface area contributed by atoms with Gasteiger partial charge < -0.3 is 11.1 Å². The first-order valence-corrected chi connectivity index (χ1v) is 6.98. The van der Waals surface area contributed by atoms with E-state index in [1.54, 1.807) is 6.92 Å². The predicted octanol–water partition coefficient (Wildman–Crippen LogP) is 1.25. The van der Waals surface area contributed by atoms with Crippen LogP contribution in [-0.4, -0.2) is 29.9 Å². The highest BCUT2D eigenvalue weighted by atomic mass is 16.2. The van der Waals surface area contributed by atoms with E-state index >= 15 is 0 Å². The summed E-state index contributed by atoms with van der Waals surface area (Å²) in [6, 6.07) is 7.99. The number of nitrogens with zero attached hydrogens (tertiary/aromatic N) is 1. The van der Waals surface area contributed by atoms with E-state index < -0.39 is 6.04 Å². The molecule has 19 heavy (non-hydrogen) atoms. The second-order valence-electron chi connectivity index (χ2n) is 5.31.